The van der Waals surface area contributed by atoms with Gasteiger partial charge in [0, 0.05) is 4.70 Å². The first kappa shape index (κ1) is 12.2. The van der Waals surface area contributed by atoms with Crippen molar-refractivity contribution in [1.82, 2.24) is 0 Å². The maximum absolute atomic E-state index is 10.7. The molecule has 0 amide bonds. The predicted octanol–water partition coefficient (Wildman–Crippen LogP) is 4.76. The van der Waals surface area contributed by atoms with E-state index in [-0.39, 0.29) is 6.10 Å². The third-order valence-electron chi connectivity index (χ3n) is 4.43. The first-order valence-corrected chi connectivity index (χ1v) is 7.81. The van der Waals surface area contributed by atoms with Gasteiger partial charge in [0.1, 0.15) is 0 Å². The lowest BCUT2D eigenvalue weighted by Gasteiger charge is -2.19. The molecule has 3 unspecified atom stereocenters. The van der Waals surface area contributed by atoms with Crippen molar-refractivity contribution in [2.45, 2.75) is 38.7 Å². The van der Waals surface area contributed by atoms with Crippen LogP contribution in [0, 0.1) is 11.8 Å². The van der Waals surface area contributed by atoms with E-state index in [1.54, 1.807) is 11.3 Å². The Morgan fingerprint density at radius 1 is 1.33 bits per heavy atom. The van der Waals surface area contributed by atoms with Gasteiger partial charge < -0.3 is 5.11 Å². The van der Waals surface area contributed by atoms with Gasteiger partial charge in [0.05, 0.1) is 6.10 Å². The maximum atomic E-state index is 10.7. The van der Waals surface area contributed by atoms with Crippen molar-refractivity contribution in [1.29, 1.82) is 0 Å². The summed E-state index contributed by atoms with van der Waals surface area (Å²) in [5.41, 5.74) is 1.14. The highest BCUT2D eigenvalue weighted by atomic mass is 32.1. The van der Waals surface area contributed by atoms with E-state index < -0.39 is 0 Å². The van der Waals surface area contributed by atoms with Crippen molar-refractivity contribution in [3.8, 4) is 0 Å². The molecule has 1 nitrogen and oxygen atoms in total. The first-order chi connectivity index (χ1) is 8.79. The Kier molecular flexibility index (Phi) is 3.40. The van der Waals surface area contributed by atoms with Gasteiger partial charge in [-0.25, -0.2) is 0 Å². The maximum Gasteiger partial charge on any atom is 0.0832 e. The molecule has 1 aromatic heterocycles. The predicted molar refractivity (Wildman–Crippen MR) is 77.9 cm³/mol. The zero-order valence-electron chi connectivity index (χ0n) is 10.8. The average Bonchev–Trinajstić information content (AvgIpc) is 3.05. The highest BCUT2D eigenvalue weighted by molar-refractivity contribution is 7.17. The Labute approximate surface area is 112 Å². The Hall–Kier alpha value is -0.860. The minimum absolute atomic E-state index is 0.274. The summed E-state index contributed by atoms with van der Waals surface area (Å²) in [6, 6.07) is 8.44. The third kappa shape index (κ3) is 2.08. The molecule has 1 aliphatic rings. The van der Waals surface area contributed by atoms with Crippen molar-refractivity contribution in [3.05, 3.63) is 35.2 Å². The van der Waals surface area contributed by atoms with Crippen LogP contribution < -0.4 is 0 Å². The highest BCUT2D eigenvalue weighted by Gasteiger charge is 2.30. The summed E-state index contributed by atoms with van der Waals surface area (Å²) in [7, 11) is 0. The lowest BCUT2D eigenvalue weighted by molar-refractivity contribution is 0.110. The Balaban J connectivity index is 1.88. The van der Waals surface area contributed by atoms with Gasteiger partial charge in [-0.05, 0) is 47.1 Å². The molecule has 1 saturated carbocycles. The smallest absolute Gasteiger partial charge is 0.0832 e. The molecule has 3 rings (SSSR count). The summed E-state index contributed by atoms with van der Waals surface area (Å²) in [6.07, 6.45) is 4.65. The molecule has 3 atom stereocenters. The van der Waals surface area contributed by atoms with Crippen molar-refractivity contribution < 1.29 is 5.11 Å². The van der Waals surface area contributed by atoms with Crippen molar-refractivity contribution >= 4 is 21.4 Å². The second-order valence-corrected chi connectivity index (χ2v) is 6.39. The van der Waals surface area contributed by atoms with E-state index in [0.717, 1.165) is 11.5 Å². The molecule has 1 aromatic carbocycles. The molecule has 0 aliphatic heterocycles. The van der Waals surface area contributed by atoms with E-state index in [2.05, 4.69) is 36.6 Å². The number of thiophene rings is 1. The number of hydrogen-bond acceptors (Lipinski definition) is 2. The van der Waals surface area contributed by atoms with Gasteiger partial charge in [0.15, 0.2) is 0 Å². The van der Waals surface area contributed by atoms with Gasteiger partial charge in [-0.1, -0.05) is 38.0 Å². The molecule has 0 spiro atoms. The molecular formula is C16H20OS. The van der Waals surface area contributed by atoms with Gasteiger partial charge in [-0.3, -0.25) is 0 Å². The van der Waals surface area contributed by atoms with Crippen LogP contribution in [0.4, 0.5) is 0 Å². The largest absolute Gasteiger partial charge is 0.388 e. The van der Waals surface area contributed by atoms with E-state index >= 15 is 0 Å². The molecule has 1 fully saturated rings. The van der Waals surface area contributed by atoms with Crippen LogP contribution in [0.15, 0.2) is 29.6 Å². The van der Waals surface area contributed by atoms with E-state index in [0.29, 0.717) is 5.92 Å². The van der Waals surface area contributed by atoms with Crippen LogP contribution in [0.5, 0.6) is 0 Å². The zero-order valence-corrected chi connectivity index (χ0v) is 11.6. The zero-order chi connectivity index (χ0) is 12.5. The first-order valence-electron chi connectivity index (χ1n) is 6.93. The highest BCUT2D eigenvalue weighted by Crippen LogP contribution is 2.42. The second-order valence-electron chi connectivity index (χ2n) is 5.48. The van der Waals surface area contributed by atoms with Crippen LogP contribution in [0.3, 0.4) is 0 Å². The van der Waals surface area contributed by atoms with E-state index in [1.165, 1.54) is 35.8 Å². The van der Waals surface area contributed by atoms with Gasteiger partial charge in [0.2, 0.25) is 0 Å². The summed E-state index contributed by atoms with van der Waals surface area (Å²) in [6.45, 7) is 2.26. The van der Waals surface area contributed by atoms with Crippen LogP contribution in [-0.2, 0) is 0 Å². The summed E-state index contributed by atoms with van der Waals surface area (Å²) in [5.74, 6) is 1.29. The Morgan fingerprint density at radius 3 is 3.00 bits per heavy atom. The van der Waals surface area contributed by atoms with Crippen LogP contribution in [0.2, 0.25) is 0 Å². The molecule has 0 radical (unpaired) electrons. The van der Waals surface area contributed by atoms with Gasteiger partial charge in [-0.2, -0.15) is 0 Å². The summed E-state index contributed by atoms with van der Waals surface area (Å²) in [5, 5.41) is 14.0. The Bertz CT molecular complexity index is 531. The quantitative estimate of drug-likeness (QED) is 0.843. The summed E-state index contributed by atoms with van der Waals surface area (Å²) >= 11 is 1.75. The number of aliphatic hydroxyl groups excluding tert-OH is 1. The second kappa shape index (κ2) is 5.02. The molecule has 1 N–H and O–H groups in total. The molecule has 18 heavy (non-hydrogen) atoms. The van der Waals surface area contributed by atoms with Crippen LogP contribution in [0.1, 0.15) is 44.3 Å². The summed E-state index contributed by atoms with van der Waals surface area (Å²) < 4.78 is 1.27. The number of benzene rings is 1. The fraction of sp³-hybridized carbons (Fsp3) is 0.500. The number of aliphatic hydroxyl groups is 1. The fourth-order valence-electron chi connectivity index (χ4n) is 3.27. The molecular weight excluding hydrogens is 240 g/mol. The fourth-order valence-corrected chi connectivity index (χ4v) is 4.22. The van der Waals surface area contributed by atoms with Crippen LogP contribution in [0.25, 0.3) is 10.1 Å². The SMILES string of the molecule is CCC1CCC(C(O)c2cccc3ccsc23)C1. The van der Waals surface area contributed by atoms with E-state index in [1.807, 2.05) is 0 Å². The standard InChI is InChI=1S/C16H20OS/c1-2-11-6-7-13(10-11)15(17)14-5-3-4-12-8-9-18-16(12)14/h3-5,8-9,11,13,15,17H,2,6-7,10H2,1H3. The molecule has 1 aliphatic carbocycles. The summed E-state index contributed by atoms with van der Waals surface area (Å²) in [4.78, 5) is 0. The van der Waals surface area contributed by atoms with Gasteiger partial charge in [-0.15, -0.1) is 11.3 Å². The minimum Gasteiger partial charge on any atom is -0.388 e. The number of hydrogen-bond donors (Lipinski definition) is 1. The molecule has 1 heterocycles. The monoisotopic (exact) mass is 260 g/mol. The van der Waals surface area contributed by atoms with E-state index in [4.69, 9.17) is 0 Å². The topological polar surface area (TPSA) is 20.2 Å². The van der Waals surface area contributed by atoms with E-state index in [9.17, 15) is 5.11 Å². The van der Waals surface area contributed by atoms with Crippen molar-refractivity contribution in [2.24, 2.45) is 11.8 Å². The van der Waals surface area contributed by atoms with Gasteiger partial charge >= 0.3 is 0 Å². The molecule has 96 valence electrons. The van der Waals surface area contributed by atoms with Crippen molar-refractivity contribution in [3.63, 3.8) is 0 Å². The number of fused-ring (bicyclic) bond motifs is 1. The van der Waals surface area contributed by atoms with Crippen molar-refractivity contribution in [2.75, 3.05) is 0 Å². The average molecular weight is 260 g/mol. The van der Waals surface area contributed by atoms with Gasteiger partial charge in [0.25, 0.3) is 0 Å². The normalized spacial score (nSPS) is 25.7. The molecule has 2 aromatic rings. The molecule has 0 bridgehead atoms. The van der Waals surface area contributed by atoms with Crippen LogP contribution >= 0.6 is 11.3 Å². The minimum atomic E-state index is -0.274. The molecule has 2 heteroatoms. The van der Waals surface area contributed by atoms with Crippen LogP contribution in [-0.4, -0.2) is 5.11 Å². The molecule has 0 saturated heterocycles. The lowest BCUT2D eigenvalue weighted by atomic mass is 9.92. The Morgan fingerprint density at radius 2 is 2.22 bits per heavy atom. The number of rotatable bonds is 3. The third-order valence-corrected chi connectivity index (χ3v) is 5.41. The lowest BCUT2D eigenvalue weighted by Crippen LogP contribution is -2.09.